The van der Waals surface area contributed by atoms with Gasteiger partial charge in [0.15, 0.2) is 0 Å². The molecular weight excluding hydrogens is 204 g/mol. The molecule has 0 amide bonds. The smallest absolute Gasteiger partial charge is 0.216 e. The maximum atomic E-state index is 6.05. The fourth-order valence-corrected chi connectivity index (χ4v) is 1.37. The number of methoxy groups -OCH3 is 1. The third-order valence-corrected chi connectivity index (χ3v) is 2.23. The molecule has 1 atom stereocenters. The van der Waals surface area contributed by atoms with Gasteiger partial charge in [-0.25, -0.2) is 9.97 Å². The van der Waals surface area contributed by atoms with Crippen molar-refractivity contribution in [3.8, 4) is 5.88 Å². The molecule has 16 heavy (non-hydrogen) atoms. The molecule has 0 bridgehead atoms. The molecule has 5 nitrogen and oxygen atoms in total. The largest absolute Gasteiger partial charge is 0.481 e. The lowest BCUT2D eigenvalue weighted by Gasteiger charge is -2.11. The standard InChI is InChI=1S/C11H12N4O/c1-16-10-5-9(14-7-15-10)11(12)8-3-2-4-13-6-8/h2-7,11H,12H2,1H3. The fourth-order valence-electron chi connectivity index (χ4n) is 1.37. The number of aromatic nitrogens is 3. The van der Waals surface area contributed by atoms with Crippen molar-refractivity contribution in [3.63, 3.8) is 0 Å². The summed E-state index contributed by atoms with van der Waals surface area (Å²) in [5.41, 5.74) is 7.67. The van der Waals surface area contributed by atoms with E-state index in [0.29, 0.717) is 11.6 Å². The molecule has 2 rings (SSSR count). The van der Waals surface area contributed by atoms with Crippen molar-refractivity contribution >= 4 is 0 Å². The Balaban J connectivity index is 2.30. The molecule has 0 radical (unpaired) electrons. The lowest BCUT2D eigenvalue weighted by atomic mass is 10.1. The van der Waals surface area contributed by atoms with Gasteiger partial charge in [-0.15, -0.1) is 0 Å². The SMILES string of the molecule is COc1cc(C(N)c2cccnc2)ncn1. The highest BCUT2D eigenvalue weighted by molar-refractivity contribution is 5.26. The summed E-state index contributed by atoms with van der Waals surface area (Å²) in [7, 11) is 1.56. The van der Waals surface area contributed by atoms with Crippen LogP contribution >= 0.6 is 0 Å². The summed E-state index contributed by atoms with van der Waals surface area (Å²) < 4.78 is 5.02. The van der Waals surface area contributed by atoms with Crippen LogP contribution < -0.4 is 10.5 Å². The molecule has 0 saturated carbocycles. The number of hydrogen-bond donors (Lipinski definition) is 1. The minimum atomic E-state index is -0.314. The van der Waals surface area contributed by atoms with E-state index >= 15 is 0 Å². The maximum Gasteiger partial charge on any atom is 0.216 e. The summed E-state index contributed by atoms with van der Waals surface area (Å²) in [6, 6.07) is 5.16. The Morgan fingerprint density at radius 3 is 2.94 bits per heavy atom. The van der Waals surface area contributed by atoms with E-state index in [0.717, 1.165) is 5.56 Å². The first-order valence-corrected chi connectivity index (χ1v) is 4.82. The molecule has 2 N–H and O–H groups in total. The quantitative estimate of drug-likeness (QED) is 0.826. The second-order valence-corrected chi connectivity index (χ2v) is 3.25. The second-order valence-electron chi connectivity index (χ2n) is 3.25. The first kappa shape index (κ1) is 10.5. The van der Waals surface area contributed by atoms with Crippen LogP contribution in [0.5, 0.6) is 5.88 Å². The van der Waals surface area contributed by atoms with E-state index in [1.54, 1.807) is 25.6 Å². The maximum absolute atomic E-state index is 6.05. The van der Waals surface area contributed by atoms with Gasteiger partial charge < -0.3 is 10.5 Å². The van der Waals surface area contributed by atoms with Crippen LogP contribution in [0.3, 0.4) is 0 Å². The van der Waals surface area contributed by atoms with Gasteiger partial charge in [-0.05, 0) is 11.6 Å². The Hall–Kier alpha value is -2.01. The molecule has 2 heterocycles. The predicted octanol–water partition coefficient (Wildman–Crippen LogP) is 0.928. The molecule has 0 aliphatic rings. The highest BCUT2D eigenvalue weighted by Crippen LogP contribution is 2.18. The van der Waals surface area contributed by atoms with E-state index in [2.05, 4.69) is 15.0 Å². The van der Waals surface area contributed by atoms with Crippen LogP contribution in [0.1, 0.15) is 17.3 Å². The van der Waals surface area contributed by atoms with Crippen molar-refractivity contribution in [2.24, 2.45) is 5.73 Å². The average Bonchev–Trinajstić information content (AvgIpc) is 2.39. The normalized spacial score (nSPS) is 12.1. The molecule has 0 fully saturated rings. The van der Waals surface area contributed by atoms with Gasteiger partial charge in [-0.3, -0.25) is 4.98 Å². The van der Waals surface area contributed by atoms with Crippen molar-refractivity contribution < 1.29 is 4.74 Å². The number of rotatable bonds is 3. The molecule has 1 unspecified atom stereocenters. The van der Waals surface area contributed by atoms with Gasteiger partial charge in [0.1, 0.15) is 6.33 Å². The van der Waals surface area contributed by atoms with Gasteiger partial charge in [0.05, 0.1) is 18.8 Å². The monoisotopic (exact) mass is 216 g/mol. The van der Waals surface area contributed by atoms with E-state index in [1.807, 2.05) is 12.1 Å². The number of ether oxygens (including phenoxy) is 1. The van der Waals surface area contributed by atoms with Crippen molar-refractivity contribution in [1.82, 2.24) is 15.0 Å². The topological polar surface area (TPSA) is 73.9 Å². The zero-order valence-electron chi connectivity index (χ0n) is 8.87. The van der Waals surface area contributed by atoms with E-state index in [4.69, 9.17) is 10.5 Å². The zero-order valence-corrected chi connectivity index (χ0v) is 8.87. The summed E-state index contributed by atoms with van der Waals surface area (Å²) in [6.07, 6.45) is 4.86. The van der Waals surface area contributed by atoms with Crippen LogP contribution in [-0.2, 0) is 0 Å². The highest BCUT2D eigenvalue weighted by Gasteiger charge is 2.11. The Morgan fingerprint density at radius 2 is 2.25 bits per heavy atom. The predicted molar refractivity (Wildman–Crippen MR) is 58.9 cm³/mol. The Kier molecular flexibility index (Phi) is 3.07. The Morgan fingerprint density at radius 1 is 1.38 bits per heavy atom. The third-order valence-electron chi connectivity index (χ3n) is 2.23. The van der Waals surface area contributed by atoms with Gasteiger partial charge in [-0.2, -0.15) is 0 Å². The number of hydrogen-bond acceptors (Lipinski definition) is 5. The van der Waals surface area contributed by atoms with Crippen LogP contribution in [0, 0.1) is 0 Å². The summed E-state index contributed by atoms with van der Waals surface area (Å²) in [5, 5.41) is 0. The van der Waals surface area contributed by atoms with Crippen molar-refractivity contribution in [1.29, 1.82) is 0 Å². The van der Waals surface area contributed by atoms with Gasteiger partial charge in [0, 0.05) is 18.5 Å². The van der Waals surface area contributed by atoms with E-state index < -0.39 is 0 Å². The number of nitrogens with two attached hydrogens (primary N) is 1. The first-order valence-electron chi connectivity index (χ1n) is 4.82. The molecule has 2 aromatic rings. The van der Waals surface area contributed by atoms with Crippen LogP contribution in [0.4, 0.5) is 0 Å². The van der Waals surface area contributed by atoms with Gasteiger partial charge in [0.2, 0.25) is 5.88 Å². The molecule has 0 spiro atoms. The van der Waals surface area contributed by atoms with E-state index in [9.17, 15) is 0 Å². The van der Waals surface area contributed by atoms with Crippen LogP contribution in [-0.4, -0.2) is 22.1 Å². The molecule has 2 aromatic heterocycles. The zero-order chi connectivity index (χ0) is 11.4. The minimum absolute atomic E-state index is 0.314. The van der Waals surface area contributed by atoms with Crippen molar-refractivity contribution in [3.05, 3.63) is 48.2 Å². The summed E-state index contributed by atoms with van der Waals surface area (Å²) in [4.78, 5) is 12.1. The van der Waals surface area contributed by atoms with E-state index in [-0.39, 0.29) is 6.04 Å². The molecule has 0 aliphatic heterocycles. The van der Waals surface area contributed by atoms with Gasteiger partial charge in [-0.1, -0.05) is 6.07 Å². The van der Waals surface area contributed by atoms with Gasteiger partial charge in [0.25, 0.3) is 0 Å². The third kappa shape index (κ3) is 2.14. The van der Waals surface area contributed by atoms with Crippen LogP contribution in [0.25, 0.3) is 0 Å². The average molecular weight is 216 g/mol. The first-order chi connectivity index (χ1) is 7.81. The molecule has 0 aliphatic carbocycles. The molecule has 0 aromatic carbocycles. The van der Waals surface area contributed by atoms with Crippen molar-refractivity contribution in [2.45, 2.75) is 6.04 Å². The van der Waals surface area contributed by atoms with Crippen molar-refractivity contribution in [2.75, 3.05) is 7.11 Å². The van der Waals surface area contributed by atoms with E-state index in [1.165, 1.54) is 6.33 Å². The van der Waals surface area contributed by atoms with Gasteiger partial charge >= 0.3 is 0 Å². The lowest BCUT2D eigenvalue weighted by Crippen LogP contribution is -2.14. The Labute approximate surface area is 93.3 Å². The molecular formula is C11H12N4O. The Bertz CT molecular complexity index is 461. The number of nitrogens with zero attached hydrogens (tertiary/aromatic N) is 3. The second kappa shape index (κ2) is 4.67. The molecule has 5 heteroatoms. The van der Waals surface area contributed by atoms with Crippen LogP contribution in [0.15, 0.2) is 36.9 Å². The summed E-state index contributed by atoms with van der Waals surface area (Å²) in [6.45, 7) is 0. The minimum Gasteiger partial charge on any atom is -0.481 e. The highest BCUT2D eigenvalue weighted by atomic mass is 16.5. The fraction of sp³-hybridized carbons (Fsp3) is 0.182. The van der Waals surface area contributed by atoms with Crippen LogP contribution in [0.2, 0.25) is 0 Å². The molecule has 0 saturated heterocycles. The number of pyridine rings is 1. The summed E-state index contributed by atoms with van der Waals surface area (Å²) >= 11 is 0. The lowest BCUT2D eigenvalue weighted by molar-refractivity contribution is 0.395. The molecule has 82 valence electrons. The summed E-state index contributed by atoms with van der Waals surface area (Å²) in [5.74, 6) is 0.504.